The van der Waals surface area contributed by atoms with E-state index in [1.807, 2.05) is 63.2 Å². The summed E-state index contributed by atoms with van der Waals surface area (Å²) >= 11 is 0. The number of anilines is 3. The monoisotopic (exact) mass is 541 g/mol. The molecule has 3 aromatic rings. The molecule has 2 unspecified atom stereocenters. The van der Waals surface area contributed by atoms with Crippen molar-refractivity contribution < 1.29 is 14.3 Å². The average Bonchev–Trinajstić information content (AvgIpc) is 3.19. The molecule has 2 bridgehead atoms. The molecule has 2 atom stereocenters. The van der Waals surface area contributed by atoms with E-state index in [9.17, 15) is 4.79 Å². The van der Waals surface area contributed by atoms with E-state index in [-0.39, 0.29) is 6.54 Å². The van der Waals surface area contributed by atoms with Gasteiger partial charge in [-0.1, -0.05) is 18.1 Å². The van der Waals surface area contributed by atoms with Crippen LogP contribution in [0, 0.1) is 11.8 Å². The van der Waals surface area contributed by atoms with E-state index >= 15 is 0 Å². The number of nitrogens with zero attached hydrogens (tertiary/aromatic N) is 5. The third kappa shape index (κ3) is 6.04. The number of piperazine rings is 1. The van der Waals surface area contributed by atoms with Crippen LogP contribution in [0.4, 0.5) is 22.0 Å². The highest BCUT2D eigenvalue weighted by atomic mass is 16.6. The summed E-state index contributed by atoms with van der Waals surface area (Å²) < 4.78 is 10.8. The molecule has 1 amide bonds. The first-order valence-electron chi connectivity index (χ1n) is 13.4. The summed E-state index contributed by atoms with van der Waals surface area (Å²) in [4.78, 5) is 21.0. The largest absolute Gasteiger partial charge is 0.496 e. The molecule has 2 aliphatic rings. The first-order chi connectivity index (χ1) is 19.2. The average molecular weight is 542 g/mol. The van der Waals surface area contributed by atoms with Gasteiger partial charge in [-0.3, -0.25) is 0 Å². The number of hydrogen-bond acceptors (Lipinski definition) is 9. The minimum Gasteiger partial charge on any atom is -0.496 e. The second-order valence-electron chi connectivity index (χ2n) is 11.0. The van der Waals surface area contributed by atoms with Gasteiger partial charge in [0.05, 0.1) is 25.0 Å². The summed E-state index contributed by atoms with van der Waals surface area (Å²) in [6.07, 6.45) is 3.47. The molecule has 2 fully saturated rings. The number of amides is 1. The molecule has 5 rings (SSSR count). The predicted octanol–water partition coefficient (Wildman–Crippen LogP) is 3.86. The number of hydrogen-bond donors (Lipinski definition) is 2. The van der Waals surface area contributed by atoms with Gasteiger partial charge in [-0.2, -0.15) is 0 Å². The van der Waals surface area contributed by atoms with Crippen molar-refractivity contribution in [1.29, 1.82) is 0 Å². The lowest BCUT2D eigenvalue weighted by atomic mass is 10.1. The minimum absolute atomic E-state index is 0.184. The lowest BCUT2D eigenvalue weighted by molar-refractivity contribution is 0.0535. The van der Waals surface area contributed by atoms with Gasteiger partial charge in [0.15, 0.2) is 5.82 Å². The van der Waals surface area contributed by atoms with Crippen LogP contribution in [0.1, 0.15) is 39.3 Å². The Balaban J connectivity index is 1.29. The molecule has 0 aliphatic carbocycles. The van der Waals surface area contributed by atoms with Crippen molar-refractivity contribution in [3.63, 3.8) is 0 Å². The Labute approximate surface area is 234 Å². The lowest BCUT2D eigenvalue weighted by Crippen LogP contribution is -2.54. The van der Waals surface area contributed by atoms with E-state index in [1.54, 1.807) is 13.3 Å². The zero-order chi connectivity index (χ0) is 28.3. The SMILES string of the molecule is COc1ccccc1-c1cc(N2CC3CCC(C2)N3c2ccnc(C#CCNC(=O)OC(C)(C)C)c2)c(N)nn1. The Morgan fingerprint density at radius 2 is 1.88 bits per heavy atom. The van der Waals surface area contributed by atoms with Gasteiger partial charge in [0.25, 0.3) is 0 Å². The second kappa shape index (κ2) is 11.3. The molecular formula is C30H35N7O3. The van der Waals surface area contributed by atoms with Crippen LogP contribution in [0.5, 0.6) is 5.75 Å². The van der Waals surface area contributed by atoms with Crippen molar-refractivity contribution in [1.82, 2.24) is 20.5 Å². The minimum atomic E-state index is -0.547. The quantitative estimate of drug-likeness (QED) is 0.464. The van der Waals surface area contributed by atoms with Gasteiger partial charge in [0.1, 0.15) is 17.0 Å². The molecule has 10 nitrogen and oxygen atoms in total. The van der Waals surface area contributed by atoms with Crippen LogP contribution in [-0.4, -0.2) is 65.7 Å². The maximum Gasteiger partial charge on any atom is 0.408 e. The van der Waals surface area contributed by atoms with E-state index in [0.717, 1.165) is 54.3 Å². The normalized spacial score (nSPS) is 18.1. The Morgan fingerprint density at radius 3 is 2.60 bits per heavy atom. The fourth-order valence-electron chi connectivity index (χ4n) is 5.37. The van der Waals surface area contributed by atoms with Crippen molar-refractivity contribution in [3.05, 3.63) is 54.4 Å². The summed E-state index contributed by atoms with van der Waals surface area (Å²) in [6, 6.07) is 14.5. The molecule has 3 N–H and O–H groups in total. The number of carbonyl (C=O) groups is 1. The number of pyridine rings is 1. The summed E-state index contributed by atoms with van der Waals surface area (Å²) in [5.74, 6) is 7.19. The molecule has 40 heavy (non-hydrogen) atoms. The number of para-hydroxylation sites is 1. The number of methoxy groups -OCH3 is 1. The number of nitrogen functional groups attached to an aromatic ring is 1. The number of aromatic nitrogens is 3. The highest BCUT2D eigenvalue weighted by Gasteiger charge is 2.40. The summed E-state index contributed by atoms with van der Waals surface area (Å²) in [5.41, 5.74) is 10.1. The molecule has 4 heterocycles. The topological polar surface area (TPSA) is 119 Å². The Morgan fingerprint density at radius 1 is 1.12 bits per heavy atom. The van der Waals surface area contributed by atoms with Crippen molar-refractivity contribution in [2.24, 2.45) is 0 Å². The highest BCUT2D eigenvalue weighted by molar-refractivity contribution is 5.75. The number of alkyl carbamates (subject to hydrolysis) is 1. The Hall–Kier alpha value is -4.52. The van der Waals surface area contributed by atoms with E-state index in [4.69, 9.17) is 15.2 Å². The first-order valence-corrected chi connectivity index (χ1v) is 13.4. The first kappa shape index (κ1) is 27.1. The molecular weight excluding hydrogens is 506 g/mol. The van der Waals surface area contributed by atoms with E-state index in [0.29, 0.717) is 23.6 Å². The van der Waals surface area contributed by atoms with Crippen molar-refractivity contribution >= 4 is 23.3 Å². The molecule has 10 heteroatoms. The third-order valence-electron chi connectivity index (χ3n) is 6.99. The Bertz CT molecular complexity index is 1430. The number of nitrogens with two attached hydrogens (primary N) is 1. The molecule has 1 aromatic carbocycles. The van der Waals surface area contributed by atoms with Gasteiger partial charge in [-0.25, -0.2) is 9.78 Å². The molecule has 2 aromatic heterocycles. The highest BCUT2D eigenvalue weighted by Crippen LogP contribution is 2.39. The van der Waals surface area contributed by atoms with Crippen LogP contribution >= 0.6 is 0 Å². The number of nitrogens with one attached hydrogen (secondary N) is 1. The van der Waals surface area contributed by atoms with Crippen molar-refractivity contribution in [2.45, 2.75) is 51.3 Å². The van der Waals surface area contributed by atoms with Gasteiger partial charge in [-0.15, -0.1) is 10.2 Å². The van der Waals surface area contributed by atoms with Crippen molar-refractivity contribution in [2.75, 3.05) is 42.3 Å². The maximum atomic E-state index is 11.8. The van der Waals surface area contributed by atoms with Crippen LogP contribution in [0.15, 0.2) is 48.7 Å². The lowest BCUT2D eigenvalue weighted by Gasteiger charge is -2.43. The second-order valence-corrected chi connectivity index (χ2v) is 11.0. The number of carbonyl (C=O) groups excluding carboxylic acids is 1. The molecule has 208 valence electrons. The van der Waals surface area contributed by atoms with Crippen LogP contribution in [0.3, 0.4) is 0 Å². The van der Waals surface area contributed by atoms with Gasteiger partial charge in [0, 0.05) is 42.6 Å². The molecule has 2 saturated heterocycles. The predicted molar refractivity (Wildman–Crippen MR) is 155 cm³/mol. The summed E-state index contributed by atoms with van der Waals surface area (Å²) in [7, 11) is 1.65. The smallest absolute Gasteiger partial charge is 0.408 e. The molecule has 0 radical (unpaired) electrons. The van der Waals surface area contributed by atoms with Gasteiger partial charge >= 0.3 is 6.09 Å². The standard InChI is InChI=1S/C30H35N7O3/c1-30(2,3)40-29(38)33-14-7-8-20-16-21(13-15-32-20)37-22-11-12-23(37)19-36(18-22)26-17-25(34-35-28(26)31)24-9-5-6-10-27(24)39-4/h5-6,9-10,13,15-17,22-23H,11-12,14,18-19H2,1-4H3,(H2,31,35)(H,33,38). The molecule has 2 aliphatic heterocycles. The van der Waals surface area contributed by atoms with Crippen molar-refractivity contribution in [3.8, 4) is 28.8 Å². The fourth-order valence-corrected chi connectivity index (χ4v) is 5.37. The van der Waals surface area contributed by atoms with Crippen LogP contribution < -0.4 is 25.6 Å². The van der Waals surface area contributed by atoms with E-state index in [1.165, 1.54) is 0 Å². The summed E-state index contributed by atoms with van der Waals surface area (Å²) in [6.45, 7) is 7.29. The van der Waals surface area contributed by atoms with Crippen LogP contribution in [-0.2, 0) is 4.74 Å². The number of ether oxygens (including phenoxy) is 2. The van der Waals surface area contributed by atoms with Crippen LogP contribution in [0.2, 0.25) is 0 Å². The van der Waals surface area contributed by atoms with E-state index in [2.05, 4.69) is 42.1 Å². The van der Waals surface area contributed by atoms with Gasteiger partial charge in [-0.05, 0) is 69.9 Å². The maximum absolute atomic E-state index is 11.8. The number of fused-ring (bicyclic) bond motifs is 2. The summed E-state index contributed by atoms with van der Waals surface area (Å²) in [5, 5.41) is 11.3. The van der Waals surface area contributed by atoms with Crippen LogP contribution in [0.25, 0.3) is 11.3 Å². The Kier molecular flexibility index (Phi) is 7.65. The van der Waals surface area contributed by atoms with Gasteiger partial charge < -0.3 is 30.3 Å². The number of rotatable bonds is 5. The third-order valence-corrected chi connectivity index (χ3v) is 6.99. The molecule has 0 spiro atoms. The zero-order valence-corrected chi connectivity index (χ0v) is 23.3. The zero-order valence-electron chi connectivity index (χ0n) is 23.3. The number of benzene rings is 1. The van der Waals surface area contributed by atoms with E-state index < -0.39 is 11.7 Å². The molecule has 0 saturated carbocycles. The fraction of sp³-hybridized carbons (Fsp3) is 0.400. The van der Waals surface area contributed by atoms with Gasteiger partial charge in [0.2, 0.25) is 0 Å².